The molecule has 2 aromatic carbocycles. The van der Waals surface area contributed by atoms with Gasteiger partial charge in [0.15, 0.2) is 9.84 Å². The lowest BCUT2D eigenvalue weighted by atomic mass is 9.97. The lowest BCUT2D eigenvalue weighted by molar-refractivity contribution is 0.0695. The summed E-state index contributed by atoms with van der Waals surface area (Å²) in [6.45, 7) is 1.76. The van der Waals surface area contributed by atoms with E-state index in [-0.39, 0.29) is 10.5 Å². The highest BCUT2D eigenvalue weighted by atomic mass is 32.2. The van der Waals surface area contributed by atoms with Crippen LogP contribution in [0.5, 0.6) is 0 Å². The first-order chi connectivity index (χ1) is 9.86. The number of hydrogen-bond acceptors (Lipinski definition) is 3. The van der Waals surface area contributed by atoms with Crippen molar-refractivity contribution < 1.29 is 18.3 Å². The lowest BCUT2D eigenvalue weighted by Crippen LogP contribution is -2.10. The molecule has 0 saturated heterocycles. The summed E-state index contributed by atoms with van der Waals surface area (Å²) >= 11 is 0. The molecule has 2 rings (SSSR count). The molecule has 0 saturated carbocycles. The van der Waals surface area contributed by atoms with E-state index in [9.17, 15) is 18.3 Å². The Balaban J connectivity index is 2.88. The number of carbonyl (C=O) groups is 1. The second kappa shape index (κ2) is 5.69. The van der Waals surface area contributed by atoms with Crippen molar-refractivity contribution >= 4 is 15.8 Å². The molecule has 21 heavy (non-hydrogen) atoms. The zero-order valence-corrected chi connectivity index (χ0v) is 12.6. The van der Waals surface area contributed by atoms with Gasteiger partial charge in [0.2, 0.25) is 0 Å². The van der Waals surface area contributed by atoms with Gasteiger partial charge in [-0.1, -0.05) is 43.3 Å². The molecule has 0 aliphatic heterocycles. The standard InChI is InChI=1S/C16H16O4S/c1-3-12-14(16(17)18)10-9-13(15(12)21(2,19)20)11-7-5-4-6-8-11/h4-10H,3H2,1-2H3,(H,17,18). The number of carboxylic acids is 1. The number of carboxylic acid groups (broad SMARTS) is 1. The highest BCUT2D eigenvalue weighted by molar-refractivity contribution is 7.91. The fraction of sp³-hybridized carbons (Fsp3) is 0.188. The van der Waals surface area contributed by atoms with Crippen molar-refractivity contribution in [1.82, 2.24) is 0 Å². The van der Waals surface area contributed by atoms with Crippen molar-refractivity contribution in [1.29, 1.82) is 0 Å². The minimum absolute atomic E-state index is 0.0395. The van der Waals surface area contributed by atoms with Crippen molar-refractivity contribution in [3.05, 3.63) is 53.6 Å². The van der Waals surface area contributed by atoms with Gasteiger partial charge in [0.05, 0.1) is 10.5 Å². The highest BCUT2D eigenvalue weighted by Gasteiger charge is 2.23. The molecule has 0 bridgehead atoms. The fourth-order valence-electron chi connectivity index (χ4n) is 2.45. The summed E-state index contributed by atoms with van der Waals surface area (Å²) in [5.74, 6) is -1.11. The minimum atomic E-state index is -3.54. The van der Waals surface area contributed by atoms with E-state index in [0.717, 1.165) is 11.8 Å². The molecule has 0 aliphatic carbocycles. The molecule has 0 fully saturated rings. The molecule has 4 nitrogen and oxygen atoms in total. The quantitative estimate of drug-likeness (QED) is 0.942. The molecule has 0 atom stereocenters. The third-order valence-corrected chi connectivity index (χ3v) is 4.51. The van der Waals surface area contributed by atoms with Gasteiger partial charge >= 0.3 is 5.97 Å². The van der Waals surface area contributed by atoms with Gasteiger partial charge < -0.3 is 5.11 Å². The molecule has 5 heteroatoms. The van der Waals surface area contributed by atoms with Crippen LogP contribution in [-0.4, -0.2) is 25.7 Å². The van der Waals surface area contributed by atoms with Gasteiger partial charge in [-0.05, 0) is 23.6 Å². The van der Waals surface area contributed by atoms with E-state index in [0.29, 0.717) is 17.5 Å². The van der Waals surface area contributed by atoms with Crippen molar-refractivity contribution in [2.24, 2.45) is 0 Å². The highest BCUT2D eigenvalue weighted by Crippen LogP contribution is 2.32. The van der Waals surface area contributed by atoms with Crippen molar-refractivity contribution in [2.75, 3.05) is 6.26 Å². The average Bonchev–Trinajstić information content (AvgIpc) is 2.45. The number of aromatic carboxylic acids is 1. The first-order valence-electron chi connectivity index (χ1n) is 6.51. The number of rotatable bonds is 4. The zero-order valence-electron chi connectivity index (χ0n) is 11.8. The van der Waals surface area contributed by atoms with Gasteiger partial charge in [-0.15, -0.1) is 0 Å². The Morgan fingerprint density at radius 3 is 2.19 bits per heavy atom. The van der Waals surface area contributed by atoms with Gasteiger partial charge in [-0.3, -0.25) is 0 Å². The van der Waals surface area contributed by atoms with Crippen LogP contribution in [0.1, 0.15) is 22.8 Å². The Kier molecular flexibility index (Phi) is 4.14. The molecule has 110 valence electrons. The van der Waals surface area contributed by atoms with Gasteiger partial charge in [0, 0.05) is 11.8 Å². The maximum Gasteiger partial charge on any atom is 0.336 e. The van der Waals surface area contributed by atoms with Crippen molar-refractivity contribution in [2.45, 2.75) is 18.2 Å². The average molecular weight is 304 g/mol. The largest absolute Gasteiger partial charge is 0.478 e. The van der Waals surface area contributed by atoms with Crippen LogP contribution in [0.2, 0.25) is 0 Å². The van der Waals surface area contributed by atoms with Crippen molar-refractivity contribution in [3.8, 4) is 11.1 Å². The fourth-order valence-corrected chi connectivity index (χ4v) is 3.73. The summed E-state index contributed by atoms with van der Waals surface area (Å²) in [4.78, 5) is 11.4. The van der Waals surface area contributed by atoms with Crippen LogP contribution in [-0.2, 0) is 16.3 Å². The Labute approximate surface area is 124 Å². The molecule has 0 aromatic heterocycles. The van der Waals surface area contributed by atoms with E-state index in [2.05, 4.69) is 0 Å². The van der Waals surface area contributed by atoms with Crippen LogP contribution in [0, 0.1) is 0 Å². The third kappa shape index (κ3) is 2.97. The van der Waals surface area contributed by atoms with Gasteiger partial charge in [0.1, 0.15) is 0 Å². The summed E-state index contributed by atoms with van der Waals surface area (Å²) in [6.07, 6.45) is 1.45. The smallest absolute Gasteiger partial charge is 0.336 e. The molecule has 1 N–H and O–H groups in total. The maximum absolute atomic E-state index is 12.2. The summed E-state index contributed by atoms with van der Waals surface area (Å²) < 4.78 is 24.4. The summed E-state index contributed by atoms with van der Waals surface area (Å²) in [5, 5.41) is 9.25. The minimum Gasteiger partial charge on any atom is -0.478 e. The summed E-state index contributed by atoms with van der Waals surface area (Å²) in [5.41, 5.74) is 1.69. The van der Waals surface area contributed by atoms with Crippen molar-refractivity contribution in [3.63, 3.8) is 0 Å². The van der Waals surface area contributed by atoms with Gasteiger partial charge in [-0.2, -0.15) is 0 Å². The van der Waals surface area contributed by atoms with Crippen LogP contribution in [0.4, 0.5) is 0 Å². The number of sulfone groups is 1. The molecule has 0 aliphatic rings. The molecule has 2 aromatic rings. The number of hydrogen-bond donors (Lipinski definition) is 1. The van der Waals surface area contributed by atoms with E-state index in [1.807, 2.05) is 30.3 Å². The second-order valence-corrected chi connectivity index (χ2v) is 6.72. The molecule has 0 unspecified atom stereocenters. The first kappa shape index (κ1) is 15.3. The Morgan fingerprint density at radius 2 is 1.71 bits per heavy atom. The van der Waals surface area contributed by atoms with Crippen LogP contribution >= 0.6 is 0 Å². The normalized spacial score (nSPS) is 11.3. The molecular formula is C16H16O4S. The van der Waals surface area contributed by atoms with Gasteiger partial charge in [-0.25, -0.2) is 13.2 Å². The zero-order chi connectivity index (χ0) is 15.6. The predicted molar refractivity (Wildman–Crippen MR) is 81.3 cm³/mol. The van der Waals surface area contributed by atoms with E-state index in [1.54, 1.807) is 13.0 Å². The second-order valence-electron chi connectivity index (χ2n) is 4.77. The summed E-state index contributed by atoms with van der Waals surface area (Å²) in [6, 6.07) is 12.1. The van der Waals surface area contributed by atoms with Crippen LogP contribution in [0.15, 0.2) is 47.4 Å². The van der Waals surface area contributed by atoms with E-state index < -0.39 is 15.8 Å². The number of benzene rings is 2. The molecule has 0 heterocycles. The van der Waals surface area contributed by atoms with Crippen LogP contribution in [0.25, 0.3) is 11.1 Å². The lowest BCUT2D eigenvalue weighted by Gasteiger charge is -2.15. The van der Waals surface area contributed by atoms with E-state index >= 15 is 0 Å². The first-order valence-corrected chi connectivity index (χ1v) is 8.40. The van der Waals surface area contributed by atoms with E-state index in [4.69, 9.17) is 0 Å². The molecule has 0 spiro atoms. The summed E-state index contributed by atoms with van der Waals surface area (Å²) in [7, 11) is -3.54. The Hall–Kier alpha value is -2.14. The molecule has 0 radical (unpaired) electrons. The Morgan fingerprint density at radius 1 is 1.10 bits per heavy atom. The predicted octanol–water partition coefficient (Wildman–Crippen LogP) is 3.02. The van der Waals surface area contributed by atoms with Crippen LogP contribution < -0.4 is 0 Å². The third-order valence-electron chi connectivity index (χ3n) is 3.30. The molecular weight excluding hydrogens is 288 g/mol. The topological polar surface area (TPSA) is 71.4 Å². The van der Waals surface area contributed by atoms with E-state index in [1.165, 1.54) is 6.07 Å². The van der Waals surface area contributed by atoms with Crippen LogP contribution in [0.3, 0.4) is 0 Å². The monoisotopic (exact) mass is 304 g/mol. The SMILES string of the molecule is CCc1c(C(=O)O)ccc(-c2ccccc2)c1S(C)(=O)=O. The molecule has 0 amide bonds. The maximum atomic E-state index is 12.2. The Bertz CT molecular complexity index is 777. The van der Waals surface area contributed by atoms with Gasteiger partial charge in [0.25, 0.3) is 0 Å².